The third kappa shape index (κ3) is 3.71. The van der Waals surface area contributed by atoms with Gasteiger partial charge in [0.2, 0.25) is 0 Å². The first-order valence-corrected chi connectivity index (χ1v) is 8.45. The maximum atomic E-state index is 12.0. The van der Waals surface area contributed by atoms with Gasteiger partial charge in [0.1, 0.15) is 0 Å². The van der Waals surface area contributed by atoms with Crippen LogP contribution in [0.1, 0.15) is 29.2 Å². The molecule has 0 saturated heterocycles. The number of carbonyl (C=O) groups excluding carboxylic acids is 1. The normalized spacial score (nSPS) is 12.3. The lowest BCUT2D eigenvalue weighted by Crippen LogP contribution is -2.31. The highest BCUT2D eigenvalue weighted by molar-refractivity contribution is 7.09. The molecule has 1 aromatic carbocycles. The summed E-state index contributed by atoms with van der Waals surface area (Å²) in [4.78, 5) is 19.8. The number of rotatable bonds is 4. The van der Waals surface area contributed by atoms with Crippen molar-refractivity contribution < 1.29 is 4.79 Å². The van der Waals surface area contributed by atoms with E-state index in [0.29, 0.717) is 6.54 Å². The van der Waals surface area contributed by atoms with Crippen molar-refractivity contribution in [3.63, 3.8) is 0 Å². The number of amides is 2. The van der Waals surface area contributed by atoms with Crippen LogP contribution in [0.3, 0.4) is 0 Å². The van der Waals surface area contributed by atoms with Crippen molar-refractivity contribution in [3.8, 4) is 0 Å². The summed E-state index contributed by atoms with van der Waals surface area (Å²) in [7, 11) is 0. The van der Waals surface area contributed by atoms with Gasteiger partial charge >= 0.3 is 6.03 Å². The van der Waals surface area contributed by atoms with E-state index in [1.165, 1.54) is 0 Å². The zero-order valence-electron chi connectivity index (χ0n) is 13.4. The second kappa shape index (κ2) is 6.42. The van der Waals surface area contributed by atoms with E-state index in [1.807, 2.05) is 37.4 Å². The Kier molecular flexibility index (Phi) is 4.34. The van der Waals surface area contributed by atoms with Crippen LogP contribution in [0.15, 0.2) is 29.6 Å². The molecule has 2 heterocycles. The van der Waals surface area contributed by atoms with Crippen molar-refractivity contribution in [3.05, 3.63) is 46.0 Å². The third-order valence-corrected chi connectivity index (χ3v) is 4.83. The van der Waals surface area contributed by atoms with Crippen molar-refractivity contribution in [1.82, 2.24) is 15.3 Å². The van der Waals surface area contributed by atoms with Gasteiger partial charge in [-0.2, -0.15) is 0 Å². The Balaban J connectivity index is 1.57. The molecule has 0 spiro atoms. The van der Waals surface area contributed by atoms with Crippen LogP contribution < -0.4 is 10.6 Å². The number of hydrogen-bond donors (Lipinski definition) is 3. The van der Waals surface area contributed by atoms with Crippen LogP contribution in [0, 0.1) is 13.8 Å². The van der Waals surface area contributed by atoms with Crippen LogP contribution in [0.4, 0.5) is 10.5 Å². The van der Waals surface area contributed by atoms with Crippen molar-refractivity contribution in [2.24, 2.45) is 0 Å². The topological polar surface area (TPSA) is 69.8 Å². The van der Waals surface area contributed by atoms with E-state index < -0.39 is 0 Å². The maximum Gasteiger partial charge on any atom is 0.319 e. The molecule has 0 aliphatic heterocycles. The Morgan fingerprint density at radius 1 is 1.35 bits per heavy atom. The molecule has 1 atom stereocenters. The van der Waals surface area contributed by atoms with Crippen LogP contribution in [-0.4, -0.2) is 22.5 Å². The molecule has 3 rings (SSSR count). The average Bonchev–Trinajstić information content (AvgIpc) is 3.09. The van der Waals surface area contributed by atoms with Gasteiger partial charge < -0.3 is 15.6 Å². The number of benzene rings is 1. The van der Waals surface area contributed by atoms with Gasteiger partial charge in [-0.25, -0.2) is 9.78 Å². The number of thiazole rings is 1. The number of fused-ring (bicyclic) bond motifs is 1. The number of H-pyrrole nitrogens is 1. The summed E-state index contributed by atoms with van der Waals surface area (Å²) in [5, 5.41) is 9.94. The molecule has 6 heteroatoms. The minimum atomic E-state index is -0.197. The molecule has 5 nitrogen and oxygen atoms in total. The van der Waals surface area contributed by atoms with E-state index in [4.69, 9.17) is 0 Å². The quantitative estimate of drug-likeness (QED) is 0.673. The lowest BCUT2D eigenvalue weighted by Gasteiger charge is -2.11. The molecule has 0 bridgehead atoms. The first kappa shape index (κ1) is 15.6. The molecule has 0 aliphatic carbocycles. The van der Waals surface area contributed by atoms with E-state index in [1.54, 1.807) is 11.3 Å². The largest absolute Gasteiger partial charge is 0.359 e. The smallest absolute Gasteiger partial charge is 0.319 e. The molecule has 1 unspecified atom stereocenters. The fourth-order valence-corrected chi connectivity index (χ4v) is 3.32. The number of nitrogens with zero attached hydrogens (tertiary/aromatic N) is 1. The summed E-state index contributed by atoms with van der Waals surface area (Å²) < 4.78 is 0. The predicted molar refractivity (Wildman–Crippen MR) is 95.3 cm³/mol. The lowest BCUT2D eigenvalue weighted by molar-refractivity contribution is 0.251. The molecule has 0 fully saturated rings. The Hall–Kier alpha value is -2.34. The van der Waals surface area contributed by atoms with Crippen LogP contribution in [0.25, 0.3) is 10.9 Å². The molecule has 120 valence electrons. The van der Waals surface area contributed by atoms with E-state index in [9.17, 15) is 4.79 Å². The van der Waals surface area contributed by atoms with Crippen LogP contribution >= 0.6 is 11.3 Å². The molecule has 0 aliphatic rings. The molecule has 3 aromatic rings. The number of nitrogens with one attached hydrogen (secondary N) is 3. The van der Waals surface area contributed by atoms with Crippen molar-refractivity contribution in [1.29, 1.82) is 0 Å². The van der Waals surface area contributed by atoms with Crippen molar-refractivity contribution >= 4 is 34.0 Å². The van der Waals surface area contributed by atoms with Gasteiger partial charge in [0, 0.05) is 45.8 Å². The predicted octanol–water partition coefficient (Wildman–Crippen LogP) is 4.17. The maximum absolute atomic E-state index is 12.0. The highest BCUT2D eigenvalue weighted by Gasteiger charge is 2.11. The van der Waals surface area contributed by atoms with Crippen LogP contribution in [-0.2, 0) is 0 Å². The molecule has 2 aromatic heterocycles. The molecule has 3 N–H and O–H groups in total. The zero-order chi connectivity index (χ0) is 16.4. The van der Waals surface area contributed by atoms with Crippen molar-refractivity contribution in [2.75, 3.05) is 11.9 Å². The number of hydrogen-bond acceptors (Lipinski definition) is 3. The van der Waals surface area contributed by atoms with E-state index in [0.717, 1.165) is 33.0 Å². The Bertz CT molecular complexity index is 836. The number of urea groups is 1. The van der Waals surface area contributed by atoms with E-state index in [-0.39, 0.29) is 11.9 Å². The van der Waals surface area contributed by atoms with Gasteiger partial charge in [0.15, 0.2) is 0 Å². The standard InChI is InChI=1S/C17H20N4OS/c1-10(16-20-12(3)9-23-16)8-18-17(22)21-14-4-5-15-13(7-14)6-11(2)19-15/h4-7,9-10,19H,8H2,1-3H3,(H2,18,21,22). The molecular weight excluding hydrogens is 308 g/mol. The highest BCUT2D eigenvalue weighted by atomic mass is 32.1. The fourth-order valence-electron chi connectivity index (χ4n) is 2.46. The second-order valence-corrected chi connectivity index (χ2v) is 6.71. The molecule has 0 radical (unpaired) electrons. The molecular formula is C17H20N4OS. The Labute approximate surface area is 139 Å². The molecule has 0 saturated carbocycles. The number of aryl methyl sites for hydroxylation is 2. The fraction of sp³-hybridized carbons (Fsp3) is 0.294. The third-order valence-electron chi connectivity index (χ3n) is 3.64. The average molecular weight is 328 g/mol. The number of aromatic amines is 1. The first-order chi connectivity index (χ1) is 11.0. The molecule has 23 heavy (non-hydrogen) atoms. The Morgan fingerprint density at radius 2 is 2.17 bits per heavy atom. The highest BCUT2D eigenvalue weighted by Crippen LogP contribution is 2.20. The summed E-state index contributed by atoms with van der Waals surface area (Å²) in [6.45, 7) is 6.62. The summed E-state index contributed by atoms with van der Waals surface area (Å²) >= 11 is 1.63. The number of aromatic nitrogens is 2. The SMILES string of the molecule is Cc1csc(C(C)CNC(=O)Nc2ccc3[nH]c(C)cc3c2)n1. The van der Waals surface area contributed by atoms with Crippen LogP contribution in [0.2, 0.25) is 0 Å². The minimum absolute atomic E-state index is 0.197. The van der Waals surface area contributed by atoms with Gasteiger partial charge in [-0.1, -0.05) is 6.92 Å². The van der Waals surface area contributed by atoms with Crippen LogP contribution in [0.5, 0.6) is 0 Å². The number of carbonyl (C=O) groups is 1. The van der Waals surface area contributed by atoms with Gasteiger partial charge in [-0.05, 0) is 38.1 Å². The van der Waals surface area contributed by atoms with Gasteiger partial charge in [0.05, 0.1) is 5.01 Å². The van der Waals surface area contributed by atoms with E-state index in [2.05, 4.69) is 33.6 Å². The Morgan fingerprint density at radius 3 is 2.91 bits per heavy atom. The van der Waals surface area contributed by atoms with Crippen molar-refractivity contribution in [2.45, 2.75) is 26.7 Å². The summed E-state index contributed by atoms with van der Waals surface area (Å²) in [6, 6.07) is 7.69. The van der Waals surface area contributed by atoms with Gasteiger partial charge in [-0.3, -0.25) is 0 Å². The monoisotopic (exact) mass is 328 g/mol. The summed E-state index contributed by atoms with van der Waals surface area (Å²) in [5.41, 5.74) is 3.98. The second-order valence-electron chi connectivity index (χ2n) is 5.82. The first-order valence-electron chi connectivity index (χ1n) is 7.57. The summed E-state index contributed by atoms with van der Waals surface area (Å²) in [6.07, 6.45) is 0. The van der Waals surface area contributed by atoms with Gasteiger partial charge in [0.25, 0.3) is 0 Å². The lowest BCUT2D eigenvalue weighted by atomic mass is 10.2. The zero-order valence-corrected chi connectivity index (χ0v) is 14.3. The number of anilines is 1. The van der Waals surface area contributed by atoms with Gasteiger partial charge in [-0.15, -0.1) is 11.3 Å². The summed E-state index contributed by atoms with van der Waals surface area (Å²) in [5.74, 6) is 0.203. The molecule has 2 amide bonds. The minimum Gasteiger partial charge on any atom is -0.359 e. The van der Waals surface area contributed by atoms with E-state index >= 15 is 0 Å².